The molecule has 2 heteroatoms. The molecule has 0 N–H and O–H groups in total. The Hall–Kier alpha value is -1.73. The molecular weight excluding hydrogens is 232 g/mol. The van der Waals surface area contributed by atoms with Gasteiger partial charge in [-0.15, -0.1) is 0 Å². The van der Waals surface area contributed by atoms with Gasteiger partial charge in [0, 0.05) is 16.8 Å². The van der Waals surface area contributed by atoms with E-state index in [4.69, 9.17) is 16.0 Å². The van der Waals surface area contributed by atoms with Crippen molar-refractivity contribution in [3.8, 4) is 0 Å². The summed E-state index contributed by atoms with van der Waals surface area (Å²) in [6.07, 6.45) is 0.773. The van der Waals surface area contributed by atoms with Crippen LogP contribution in [-0.4, -0.2) is 0 Å². The Bertz CT molecular complexity index is 622. The average molecular weight is 243 g/mol. The Kier molecular flexibility index (Phi) is 2.62. The Labute approximate surface area is 105 Å². The zero-order chi connectivity index (χ0) is 11.7. The second kappa shape index (κ2) is 4.27. The Morgan fingerprint density at radius 2 is 1.82 bits per heavy atom. The molecule has 84 valence electrons. The molecule has 0 unspecified atom stereocenters. The van der Waals surface area contributed by atoms with Gasteiger partial charge in [0.2, 0.25) is 0 Å². The third kappa shape index (κ3) is 2.20. The smallest absolute Gasteiger partial charge is 0.134 e. The quantitative estimate of drug-likeness (QED) is 0.636. The van der Waals surface area contributed by atoms with E-state index in [0.29, 0.717) is 0 Å². The highest BCUT2D eigenvalue weighted by atomic mass is 35.5. The third-order valence-corrected chi connectivity index (χ3v) is 2.98. The van der Waals surface area contributed by atoms with Crippen molar-refractivity contribution < 1.29 is 4.42 Å². The van der Waals surface area contributed by atoms with Gasteiger partial charge in [-0.3, -0.25) is 0 Å². The van der Waals surface area contributed by atoms with Crippen molar-refractivity contribution in [2.45, 2.75) is 6.42 Å². The maximum Gasteiger partial charge on any atom is 0.134 e. The van der Waals surface area contributed by atoms with E-state index in [2.05, 4.69) is 18.2 Å². The maximum atomic E-state index is 5.96. The van der Waals surface area contributed by atoms with Crippen LogP contribution in [0.25, 0.3) is 11.0 Å². The molecule has 0 saturated carbocycles. The van der Waals surface area contributed by atoms with E-state index in [0.717, 1.165) is 33.7 Å². The number of hydrogen-bond acceptors (Lipinski definition) is 1. The molecular formula is C15H11ClO. The van der Waals surface area contributed by atoms with Crippen molar-refractivity contribution in [3.05, 3.63) is 70.9 Å². The number of hydrogen-bond donors (Lipinski definition) is 0. The van der Waals surface area contributed by atoms with Gasteiger partial charge in [0.25, 0.3) is 0 Å². The average Bonchev–Trinajstić information content (AvgIpc) is 2.71. The van der Waals surface area contributed by atoms with Crippen molar-refractivity contribution in [2.75, 3.05) is 0 Å². The molecule has 0 radical (unpaired) electrons. The molecule has 0 amide bonds. The fourth-order valence-corrected chi connectivity index (χ4v) is 2.18. The highest BCUT2D eigenvalue weighted by Gasteiger charge is 2.04. The molecule has 0 atom stereocenters. The minimum Gasteiger partial charge on any atom is -0.461 e. The summed E-state index contributed by atoms with van der Waals surface area (Å²) in [5, 5.41) is 1.91. The zero-order valence-electron chi connectivity index (χ0n) is 9.19. The van der Waals surface area contributed by atoms with Crippen LogP contribution in [0.2, 0.25) is 5.02 Å². The molecule has 3 rings (SSSR count). The molecule has 0 saturated heterocycles. The van der Waals surface area contributed by atoms with E-state index in [-0.39, 0.29) is 0 Å². The van der Waals surface area contributed by atoms with Crippen LogP contribution in [0.15, 0.2) is 59.0 Å². The lowest BCUT2D eigenvalue weighted by Gasteiger charge is -1.98. The molecule has 0 fully saturated rings. The maximum absolute atomic E-state index is 5.96. The largest absolute Gasteiger partial charge is 0.461 e. The second-order valence-electron chi connectivity index (χ2n) is 4.06. The number of halogens is 1. The monoisotopic (exact) mass is 242 g/mol. The van der Waals surface area contributed by atoms with Crippen LogP contribution in [0.4, 0.5) is 0 Å². The van der Waals surface area contributed by atoms with E-state index in [1.165, 1.54) is 0 Å². The highest BCUT2D eigenvalue weighted by Crippen LogP contribution is 2.22. The van der Waals surface area contributed by atoms with E-state index in [9.17, 15) is 0 Å². The van der Waals surface area contributed by atoms with Gasteiger partial charge in [-0.1, -0.05) is 41.9 Å². The van der Waals surface area contributed by atoms with Gasteiger partial charge in [-0.25, -0.2) is 0 Å². The lowest BCUT2D eigenvalue weighted by molar-refractivity contribution is 0.563. The summed E-state index contributed by atoms with van der Waals surface area (Å²) < 4.78 is 5.77. The summed E-state index contributed by atoms with van der Waals surface area (Å²) in [6, 6.07) is 18.0. The van der Waals surface area contributed by atoms with Gasteiger partial charge in [0.1, 0.15) is 11.3 Å². The molecule has 0 bridgehead atoms. The SMILES string of the molecule is Clc1cccc(Cc2cc3ccccc3o2)c1. The Morgan fingerprint density at radius 1 is 0.941 bits per heavy atom. The van der Waals surface area contributed by atoms with Gasteiger partial charge < -0.3 is 4.42 Å². The van der Waals surface area contributed by atoms with E-state index >= 15 is 0 Å². The highest BCUT2D eigenvalue weighted by molar-refractivity contribution is 6.30. The van der Waals surface area contributed by atoms with Crippen molar-refractivity contribution >= 4 is 22.6 Å². The topological polar surface area (TPSA) is 13.1 Å². The second-order valence-corrected chi connectivity index (χ2v) is 4.49. The zero-order valence-corrected chi connectivity index (χ0v) is 9.95. The molecule has 0 aliphatic rings. The first kappa shape index (κ1) is 10.4. The van der Waals surface area contributed by atoms with Crippen LogP contribution in [0.1, 0.15) is 11.3 Å². The number of para-hydroxylation sites is 1. The van der Waals surface area contributed by atoms with Crippen molar-refractivity contribution in [1.82, 2.24) is 0 Å². The third-order valence-electron chi connectivity index (χ3n) is 2.74. The number of benzene rings is 2. The summed E-state index contributed by atoms with van der Waals surface area (Å²) in [4.78, 5) is 0. The molecule has 1 heterocycles. The van der Waals surface area contributed by atoms with E-state index < -0.39 is 0 Å². The number of fused-ring (bicyclic) bond motifs is 1. The first-order chi connectivity index (χ1) is 8.31. The molecule has 0 aliphatic carbocycles. The van der Waals surface area contributed by atoms with Crippen LogP contribution >= 0.6 is 11.6 Å². The van der Waals surface area contributed by atoms with Gasteiger partial charge >= 0.3 is 0 Å². The molecule has 17 heavy (non-hydrogen) atoms. The van der Waals surface area contributed by atoms with Crippen molar-refractivity contribution in [3.63, 3.8) is 0 Å². The first-order valence-corrected chi connectivity index (χ1v) is 5.91. The Balaban J connectivity index is 1.94. The first-order valence-electron chi connectivity index (χ1n) is 5.53. The standard InChI is InChI=1S/C15H11ClO/c16-13-6-3-4-11(8-13)9-14-10-12-5-1-2-7-15(12)17-14/h1-8,10H,9H2. The van der Waals surface area contributed by atoms with Crippen molar-refractivity contribution in [2.24, 2.45) is 0 Å². The molecule has 0 aliphatic heterocycles. The van der Waals surface area contributed by atoms with Crippen LogP contribution in [-0.2, 0) is 6.42 Å². The summed E-state index contributed by atoms with van der Waals surface area (Å²) in [7, 11) is 0. The fraction of sp³-hybridized carbons (Fsp3) is 0.0667. The summed E-state index contributed by atoms with van der Waals surface area (Å²) >= 11 is 5.96. The molecule has 3 aromatic rings. The normalized spacial score (nSPS) is 10.9. The number of furan rings is 1. The fourth-order valence-electron chi connectivity index (χ4n) is 1.97. The summed E-state index contributed by atoms with van der Waals surface area (Å²) in [6.45, 7) is 0. The Morgan fingerprint density at radius 3 is 2.65 bits per heavy atom. The van der Waals surface area contributed by atoms with Crippen LogP contribution in [0.5, 0.6) is 0 Å². The van der Waals surface area contributed by atoms with Gasteiger partial charge in [0.05, 0.1) is 0 Å². The molecule has 1 aromatic heterocycles. The van der Waals surface area contributed by atoms with Crippen molar-refractivity contribution in [1.29, 1.82) is 0 Å². The van der Waals surface area contributed by atoms with Gasteiger partial charge in [-0.2, -0.15) is 0 Å². The van der Waals surface area contributed by atoms with Gasteiger partial charge in [-0.05, 0) is 29.8 Å². The van der Waals surface area contributed by atoms with Gasteiger partial charge in [0.15, 0.2) is 0 Å². The lowest BCUT2D eigenvalue weighted by Crippen LogP contribution is -1.84. The van der Waals surface area contributed by atoms with Crippen LogP contribution in [0, 0.1) is 0 Å². The lowest BCUT2D eigenvalue weighted by atomic mass is 10.1. The molecule has 1 nitrogen and oxygen atoms in total. The van der Waals surface area contributed by atoms with E-state index in [1.54, 1.807) is 0 Å². The summed E-state index contributed by atoms with van der Waals surface area (Å²) in [5.74, 6) is 0.966. The predicted octanol–water partition coefficient (Wildman–Crippen LogP) is 4.68. The molecule has 0 spiro atoms. The minimum absolute atomic E-state index is 0.763. The molecule has 2 aromatic carbocycles. The predicted molar refractivity (Wildman–Crippen MR) is 70.5 cm³/mol. The van der Waals surface area contributed by atoms with E-state index in [1.807, 2.05) is 36.4 Å². The van der Waals surface area contributed by atoms with Crippen LogP contribution in [0.3, 0.4) is 0 Å². The number of rotatable bonds is 2. The summed E-state index contributed by atoms with van der Waals surface area (Å²) in [5.41, 5.74) is 2.10. The minimum atomic E-state index is 0.763. The van der Waals surface area contributed by atoms with Crippen LogP contribution < -0.4 is 0 Å².